The van der Waals surface area contributed by atoms with Gasteiger partial charge < -0.3 is 5.32 Å². The summed E-state index contributed by atoms with van der Waals surface area (Å²) in [6.45, 7) is 13.4. The molecular weight excluding hydrogens is 310 g/mol. The summed E-state index contributed by atoms with van der Waals surface area (Å²) in [7, 11) is 0. The lowest BCUT2D eigenvalue weighted by Crippen LogP contribution is -2.34. The van der Waals surface area contributed by atoms with E-state index in [4.69, 9.17) is 0 Å². The number of rotatable bonds is 4. The summed E-state index contributed by atoms with van der Waals surface area (Å²) < 4.78 is 0. The summed E-state index contributed by atoms with van der Waals surface area (Å²) in [5, 5.41) is 2.88. The predicted molar refractivity (Wildman–Crippen MR) is 102 cm³/mol. The van der Waals surface area contributed by atoms with Crippen LogP contribution in [-0.2, 0) is 4.79 Å². The minimum atomic E-state index is -0.668. The molecule has 3 nitrogen and oxygen atoms in total. The molecule has 0 saturated heterocycles. The fraction of sp³-hybridized carbons (Fsp3) is 0.364. The normalized spacial score (nSPS) is 12.0. The Morgan fingerprint density at radius 2 is 1.16 bits per heavy atom. The molecule has 0 saturated carbocycles. The van der Waals surface area contributed by atoms with Gasteiger partial charge in [0.2, 0.25) is 5.91 Å². The molecule has 3 heteroatoms. The number of carbonyl (C=O) groups is 2. The van der Waals surface area contributed by atoms with Gasteiger partial charge in [-0.1, -0.05) is 35.4 Å². The average molecular weight is 337 g/mol. The molecule has 0 aliphatic heterocycles. The summed E-state index contributed by atoms with van der Waals surface area (Å²) in [4.78, 5) is 25.2. The van der Waals surface area contributed by atoms with Crippen LogP contribution in [0.1, 0.15) is 62.3 Å². The van der Waals surface area contributed by atoms with Gasteiger partial charge in [0.05, 0.1) is 0 Å². The first-order valence-electron chi connectivity index (χ1n) is 8.58. The van der Waals surface area contributed by atoms with Crippen LogP contribution in [0.2, 0.25) is 0 Å². The fourth-order valence-electron chi connectivity index (χ4n) is 3.83. The van der Waals surface area contributed by atoms with Crippen molar-refractivity contribution in [2.45, 2.75) is 54.5 Å². The number of aryl methyl sites for hydroxylation is 6. The SMILES string of the molecule is CC(=O)NC(C(=O)c1c(C)cc(C)cc1C)c1c(C)cc(C)cc1C. The molecule has 0 fully saturated rings. The quantitative estimate of drug-likeness (QED) is 0.829. The first kappa shape index (κ1) is 18.9. The number of carbonyl (C=O) groups excluding carboxylic acids is 2. The zero-order valence-corrected chi connectivity index (χ0v) is 16.2. The van der Waals surface area contributed by atoms with Crippen LogP contribution in [0.4, 0.5) is 0 Å². The van der Waals surface area contributed by atoms with Crippen LogP contribution in [0.3, 0.4) is 0 Å². The number of Topliss-reactive ketones (excluding diaryl/α,β-unsaturated/α-hetero) is 1. The monoisotopic (exact) mass is 337 g/mol. The van der Waals surface area contributed by atoms with Crippen molar-refractivity contribution in [2.75, 3.05) is 0 Å². The maximum Gasteiger partial charge on any atom is 0.217 e. The highest BCUT2D eigenvalue weighted by Crippen LogP contribution is 2.29. The molecular formula is C22H27NO2. The van der Waals surface area contributed by atoms with Crippen molar-refractivity contribution >= 4 is 11.7 Å². The number of nitrogens with one attached hydrogen (secondary N) is 1. The van der Waals surface area contributed by atoms with E-state index in [-0.39, 0.29) is 11.7 Å². The lowest BCUT2D eigenvalue weighted by Gasteiger charge is -2.23. The molecule has 0 aromatic heterocycles. The second-order valence-electron chi connectivity index (χ2n) is 7.08. The predicted octanol–water partition coefficient (Wildman–Crippen LogP) is 4.60. The standard InChI is InChI=1S/C22H27NO2/c1-12-8-14(3)19(15(4)9-12)21(23-18(7)24)22(25)20-16(5)10-13(2)11-17(20)6/h8-11,21H,1-7H3,(H,23,24). The molecule has 1 N–H and O–H groups in total. The zero-order chi connectivity index (χ0) is 18.9. The Kier molecular flexibility index (Phi) is 5.46. The summed E-state index contributed by atoms with van der Waals surface area (Å²) in [6, 6.07) is 7.47. The van der Waals surface area contributed by atoms with Gasteiger partial charge in [0.25, 0.3) is 0 Å². The van der Waals surface area contributed by atoms with Crippen LogP contribution < -0.4 is 5.32 Å². The molecule has 0 heterocycles. The van der Waals surface area contributed by atoms with E-state index in [9.17, 15) is 9.59 Å². The van der Waals surface area contributed by atoms with Gasteiger partial charge in [-0.15, -0.1) is 0 Å². The minimum Gasteiger partial charge on any atom is -0.342 e. The summed E-state index contributed by atoms with van der Waals surface area (Å²) in [6.07, 6.45) is 0. The van der Waals surface area contributed by atoms with Crippen molar-refractivity contribution in [3.63, 3.8) is 0 Å². The first-order chi connectivity index (χ1) is 11.6. The van der Waals surface area contributed by atoms with Gasteiger partial charge in [0, 0.05) is 12.5 Å². The second-order valence-corrected chi connectivity index (χ2v) is 7.08. The third kappa shape index (κ3) is 3.98. The second kappa shape index (κ2) is 7.22. The Labute approximate surface area is 150 Å². The van der Waals surface area contributed by atoms with Crippen LogP contribution in [0.25, 0.3) is 0 Å². The molecule has 0 aliphatic rings. The molecule has 1 amide bonds. The largest absolute Gasteiger partial charge is 0.342 e. The number of hydrogen-bond acceptors (Lipinski definition) is 2. The number of ketones is 1. The van der Waals surface area contributed by atoms with E-state index in [1.54, 1.807) is 0 Å². The maximum atomic E-state index is 13.4. The Morgan fingerprint density at radius 1 is 0.760 bits per heavy atom. The third-order valence-electron chi connectivity index (χ3n) is 4.56. The Morgan fingerprint density at radius 3 is 1.56 bits per heavy atom. The van der Waals surface area contributed by atoms with Crippen molar-refractivity contribution in [1.82, 2.24) is 5.32 Å². The summed E-state index contributed by atoms with van der Waals surface area (Å²) in [5.74, 6) is -0.264. The smallest absolute Gasteiger partial charge is 0.217 e. The zero-order valence-electron chi connectivity index (χ0n) is 16.2. The topological polar surface area (TPSA) is 46.2 Å². The van der Waals surface area contributed by atoms with E-state index in [1.807, 2.05) is 53.7 Å². The highest BCUT2D eigenvalue weighted by Gasteiger charge is 2.28. The van der Waals surface area contributed by atoms with Crippen LogP contribution in [-0.4, -0.2) is 11.7 Å². The molecule has 2 rings (SSSR count). The van der Waals surface area contributed by atoms with Crippen molar-refractivity contribution < 1.29 is 9.59 Å². The molecule has 0 bridgehead atoms. The van der Waals surface area contributed by atoms with Gasteiger partial charge in [-0.3, -0.25) is 9.59 Å². The van der Waals surface area contributed by atoms with Crippen LogP contribution in [0.5, 0.6) is 0 Å². The molecule has 1 atom stereocenters. The van der Waals surface area contributed by atoms with Crippen LogP contribution in [0.15, 0.2) is 24.3 Å². The highest BCUT2D eigenvalue weighted by atomic mass is 16.2. The molecule has 132 valence electrons. The van der Waals surface area contributed by atoms with E-state index in [0.29, 0.717) is 5.56 Å². The first-order valence-corrected chi connectivity index (χ1v) is 8.58. The van der Waals surface area contributed by atoms with Crippen LogP contribution in [0, 0.1) is 41.5 Å². The molecule has 25 heavy (non-hydrogen) atoms. The van der Waals surface area contributed by atoms with Gasteiger partial charge in [0.15, 0.2) is 5.78 Å². The number of benzene rings is 2. The number of hydrogen-bond donors (Lipinski definition) is 1. The van der Waals surface area contributed by atoms with Crippen molar-refractivity contribution in [1.29, 1.82) is 0 Å². The molecule has 0 aliphatic carbocycles. The molecule has 2 aromatic rings. The summed E-state index contributed by atoms with van der Waals surface area (Å²) in [5.41, 5.74) is 7.80. The van der Waals surface area contributed by atoms with Crippen molar-refractivity contribution in [3.05, 3.63) is 68.8 Å². The van der Waals surface area contributed by atoms with Gasteiger partial charge >= 0.3 is 0 Å². The average Bonchev–Trinajstić information content (AvgIpc) is 2.43. The van der Waals surface area contributed by atoms with Crippen LogP contribution >= 0.6 is 0 Å². The van der Waals surface area contributed by atoms with E-state index < -0.39 is 6.04 Å². The molecule has 0 radical (unpaired) electrons. The van der Waals surface area contributed by atoms with Gasteiger partial charge in [0.1, 0.15) is 6.04 Å². The van der Waals surface area contributed by atoms with E-state index in [1.165, 1.54) is 6.92 Å². The Hall–Kier alpha value is -2.42. The van der Waals surface area contributed by atoms with Gasteiger partial charge in [-0.25, -0.2) is 0 Å². The minimum absolute atomic E-state index is 0.0553. The van der Waals surface area contributed by atoms with Crippen molar-refractivity contribution in [2.24, 2.45) is 0 Å². The van der Waals surface area contributed by atoms with Crippen molar-refractivity contribution in [3.8, 4) is 0 Å². The Balaban J connectivity index is 2.64. The lowest BCUT2D eigenvalue weighted by atomic mass is 9.86. The molecule has 2 aromatic carbocycles. The fourth-order valence-corrected chi connectivity index (χ4v) is 3.83. The molecule has 1 unspecified atom stereocenters. The highest BCUT2D eigenvalue weighted by molar-refractivity contribution is 6.04. The Bertz CT molecular complexity index is 803. The third-order valence-corrected chi connectivity index (χ3v) is 4.56. The summed E-state index contributed by atoms with van der Waals surface area (Å²) >= 11 is 0. The maximum absolute atomic E-state index is 13.4. The molecule has 0 spiro atoms. The van der Waals surface area contributed by atoms with Gasteiger partial charge in [-0.2, -0.15) is 0 Å². The lowest BCUT2D eigenvalue weighted by molar-refractivity contribution is -0.119. The van der Waals surface area contributed by atoms with E-state index >= 15 is 0 Å². The van der Waals surface area contributed by atoms with Gasteiger partial charge in [-0.05, 0) is 69.4 Å². The number of amides is 1. The van der Waals surface area contributed by atoms with E-state index in [2.05, 4.69) is 17.4 Å². The van der Waals surface area contributed by atoms with E-state index in [0.717, 1.165) is 38.9 Å².